The molecule has 3 rings (SSSR count). The summed E-state index contributed by atoms with van der Waals surface area (Å²) in [5.74, 6) is 3.38. The standard InChI is InChI=1S/C21H29N3O3/c1-3-16(2)24-21(22-11-10-18-8-5-12-25-18)23-15-17-7-4-9-19-20(17)27-14-6-13-26-19/h4-5,7-9,12,16H,3,6,10-11,13-15H2,1-2H3,(H2,22,23,24). The molecule has 1 unspecified atom stereocenters. The van der Waals surface area contributed by atoms with Crippen LogP contribution in [0.4, 0.5) is 0 Å². The van der Waals surface area contributed by atoms with Crippen molar-refractivity contribution in [3.05, 3.63) is 47.9 Å². The third-order valence-electron chi connectivity index (χ3n) is 4.50. The lowest BCUT2D eigenvalue weighted by molar-refractivity contribution is 0.296. The number of nitrogens with one attached hydrogen (secondary N) is 2. The Labute approximate surface area is 161 Å². The molecule has 0 bridgehead atoms. The van der Waals surface area contributed by atoms with E-state index in [0.29, 0.717) is 25.8 Å². The quantitative estimate of drug-likeness (QED) is 0.576. The van der Waals surface area contributed by atoms with E-state index >= 15 is 0 Å². The molecule has 1 aromatic carbocycles. The Balaban J connectivity index is 1.67. The fourth-order valence-electron chi connectivity index (χ4n) is 2.79. The Kier molecular flexibility index (Phi) is 7.02. The summed E-state index contributed by atoms with van der Waals surface area (Å²) in [6.07, 6.45) is 4.43. The van der Waals surface area contributed by atoms with E-state index < -0.39 is 0 Å². The highest BCUT2D eigenvalue weighted by molar-refractivity contribution is 5.80. The van der Waals surface area contributed by atoms with Crippen molar-refractivity contribution in [3.63, 3.8) is 0 Å². The van der Waals surface area contributed by atoms with Crippen molar-refractivity contribution < 1.29 is 13.9 Å². The van der Waals surface area contributed by atoms with E-state index in [1.807, 2.05) is 30.3 Å². The fourth-order valence-corrected chi connectivity index (χ4v) is 2.79. The van der Waals surface area contributed by atoms with Gasteiger partial charge in [0.15, 0.2) is 17.5 Å². The summed E-state index contributed by atoms with van der Waals surface area (Å²) < 4.78 is 17.1. The second-order valence-electron chi connectivity index (χ2n) is 6.67. The van der Waals surface area contributed by atoms with Crippen LogP contribution in [-0.2, 0) is 13.0 Å². The summed E-state index contributed by atoms with van der Waals surface area (Å²) in [4.78, 5) is 4.77. The average molecular weight is 371 g/mol. The van der Waals surface area contributed by atoms with Crippen LogP contribution >= 0.6 is 0 Å². The second kappa shape index (κ2) is 9.90. The topological polar surface area (TPSA) is 68.0 Å². The maximum atomic E-state index is 5.90. The van der Waals surface area contributed by atoms with Gasteiger partial charge in [0, 0.05) is 31.0 Å². The number of guanidine groups is 1. The average Bonchev–Trinajstić information content (AvgIpc) is 3.08. The highest BCUT2D eigenvalue weighted by Gasteiger charge is 2.14. The van der Waals surface area contributed by atoms with E-state index in [-0.39, 0.29) is 0 Å². The van der Waals surface area contributed by atoms with Gasteiger partial charge in [-0.2, -0.15) is 0 Å². The number of benzene rings is 1. The Morgan fingerprint density at radius 3 is 2.89 bits per heavy atom. The van der Waals surface area contributed by atoms with Gasteiger partial charge in [-0.05, 0) is 31.5 Å². The number of hydrogen-bond donors (Lipinski definition) is 2. The largest absolute Gasteiger partial charge is 0.490 e. The van der Waals surface area contributed by atoms with Crippen molar-refractivity contribution in [2.75, 3.05) is 19.8 Å². The molecule has 0 aliphatic carbocycles. The molecular weight excluding hydrogens is 342 g/mol. The smallest absolute Gasteiger partial charge is 0.191 e. The van der Waals surface area contributed by atoms with Crippen molar-refractivity contribution in [2.24, 2.45) is 4.99 Å². The lowest BCUT2D eigenvalue weighted by Crippen LogP contribution is -2.42. The SMILES string of the molecule is CCC(C)NC(=NCc1cccc2c1OCCCO2)NCCc1ccco1. The van der Waals surface area contributed by atoms with Gasteiger partial charge in [0.2, 0.25) is 0 Å². The van der Waals surface area contributed by atoms with Gasteiger partial charge < -0.3 is 24.5 Å². The molecule has 0 fully saturated rings. The molecule has 0 radical (unpaired) electrons. The first-order valence-corrected chi connectivity index (χ1v) is 9.71. The van der Waals surface area contributed by atoms with E-state index in [1.165, 1.54) is 0 Å². The lowest BCUT2D eigenvalue weighted by Gasteiger charge is -2.17. The summed E-state index contributed by atoms with van der Waals surface area (Å²) in [5.41, 5.74) is 1.03. The first-order valence-electron chi connectivity index (χ1n) is 9.71. The number of rotatable bonds is 7. The number of hydrogen-bond acceptors (Lipinski definition) is 4. The summed E-state index contributed by atoms with van der Waals surface area (Å²) >= 11 is 0. The molecule has 0 saturated heterocycles. The van der Waals surface area contributed by atoms with Gasteiger partial charge in [-0.1, -0.05) is 19.1 Å². The van der Waals surface area contributed by atoms with Crippen molar-refractivity contribution in [1.29, 1.82) is 0 Å². The summed E-state index contributed by atoms with van der Waals surface area (Å²) in [5, 5.41) is 6.84. The van der Waals surface area contributed by atoms with Crippen molar-refractivity contribution in [3.8, 4) is 11.5 Å². The Bertz CT molecular complexity index is 728. The lowest BCUT2D eigenvalue weighted by atomic mass is 10.2. The molecule has 0 spiro atoms. The third kappa shape index (κ3) is 5.67. The van der Waals surface area contributed by atoms with Crippen LogP contribution < -0.4 is 20.1 Å². The van der Waals surface area contributed by atoms with Gasteiger partial charge in [-0.25, -0.2) is 4.99 Å². The minimum absolute atomic E-state index is 0.340. The molecule has 2 N–H and O–H groups in total. The van der Waals surface area contributed by atoms with Crippen LogP contribution in [0.1, 0.15) is 38.0 Å². The third-order valence-corrected chi connectivity index (χ3v) is 4.50. The molecule has 2 aromatic rings. The van der Waals surface area contributed by atoms with E-state index in [2.05, 4.69) is 24.5 Å². The summed E-state index contributed by atoms with van der Waals surface area (Å²) in [6, 6.07) is 10.2. The second-order valence-corrected chi connectivity index (χ2v) is 6.67. The molecule has 0 amide bonds. The Hall–Kier alpha value is -2.63. The van der Waals surface area contributed by atoms with Crippen LogP contribution in [0.15, 0.2) is 46.0 Å². The highest BCUT2D eigenvalue weighted by atomic mass is 16.5. The minimum Gasteiger partial charge on any atom is -0.490 e. The zero-order valence-corrected chi connectivity index (χ0v) is 16.2. The van der Waals surface area contributed by atoms with Crippen LogP contribution in [0.2, 0.25) is 0 Å². The van der Waals surface area contributed by atoms with Crippen LogP contribution in [0, 0.1) is 0 Å². The van der Waals surface area contributed by atoms with Gasteiger partial charge >= 0.3 is 0 Å². The molecule has 1 aliphatic rings. The Morgan fingerprint density at radius 1 is 1.19 bits per heavy atom. The van der Waals surface area contributed by atoms with Crippen molar-refractivity contribution >= 4 is 5.96 Å². The number of ether oxygens (including phenoxy) is 2. The van der Waals surface area contributed by atoms with Gasteiger partial charge in [-0.3, -0.25) is 0 Å². The first kappa shape index (κ1) is 19.1. The van der Waals surface area contributed by atoms with E-state index in [0.717, 1.165) is 54.6 Å². The molecule has 1 aromatic heterocycles. The summed E-state index contributed by atoms with van der Waals surface area (Å²) in [6.45, 7) is 6.94. The van der Waals surface area contributed by atoms with Crippen molar-refractivity contribution in [1.82, 2.24) is 10.6 Å². The first-order chi connectivity index (χ1) is 13.3. The predicted octanol–water partition coefficient (Wildman–Crippen LogP) is 3.52. The van der Waals surface area contributed by atoms with Crippen LogP contribution in [0.3, 0.4) is 0 Å². The normalized spacial score (nSPS) is 15.1. The number of furan rings is 1. The van der Waals surface area contributed by atoms with Gasteiger partial charge in [-0.15, -0.1) is 0 Å². The molecular formula is C21H29N3O3. The van der Waals surface area contributed by atoms with E-state index in [4.69, 9.17) is 18.9 Å². The van der Waals surface area contributed by atoms with Crippen LogP contribution in [0.25, 0.3) is 0 Å². The summed E-state index contributed by atoms with van der Waals surface area (Å²) in [7, 11) is 0. The highest BCUT2D eigenvalue weighted by Crippen LogP contribution is 2.33. The predicted molar refractivity (Wildman–Crippen MR) is 106 cm³/mol. The number of para-hydroxylation sites is 1. The fraction of sp³-hybridized carbons (Fsp3) is 0.476. The molecule has 1 aliphatic heterocycles. The molecule has 6 nitrogen and oxygen atoms in total. The zero-order chi connectivity index (χ0) is 18.9. The van der Waals surface area contributed by atoms with Crippen LogP contribution in [0.5, 0.6) is 11.5 Å². The van der Waals surface area contributed by atoms with E-state index in [1.54, 1.807) is 6.26 Å². The van der Waals surface area contributed by atoms with Crippen LogP contribution in [-0.4, -0.2) is 31.8 Å². The molecule has 0 saturated carbocycles. The zero-order valence-electron chi connectivity index (χ0n) is 16.2. The number of aliphatic imine (C=N–C) groups is 1. The maximum Gasteiger partial charge on any atom is 0.191 e. The molecule has 146 valence electrons. The molecule has 27 heavy (non-hydrogen) atoms. The monoisotopic (exact) mass is 371 g/mol. The van der Waals surface area contributed by atoms with Gasteiger partial charge in [0.05, 0.1) is 26.0 Å². The van der Waals surface area contributed by atoms with Gasteiger partial charge in [0.25, 0.3) is 0 Å². The molecule has 1 atom stereocenters. The Morgan fingerprint density at radius 2 is 2.07 bits per heavy atom. The minimum atomic E-state index is 0.340. The number of nitrogens with zero attached hydrogens (tertiary/aromatic N) is 1. The molecule has 6 heteroatoms. The number of fused-ring (bicyclic) bond motifs is 1. The van der Waals surface area contributed by atoms with Crippen molar-refractivity contribution in [2.45, 2.75) is 45.7 Å². The maximum absolute atomic E-state index is 5.90. The molecule has 2 heterocycles. The van der Waals surface area contributed by atoms with Gasteiger partial charge in [0.1, 0.15) is 5.76 Å². The van der Waals surface area contributed by atoms with E-state index in [9.17, 15) is 0 Å².